The average Bonchev–Trinajstić information content (AvgIpc) is 2.05. The number of allylic oxidation sites excluding steroid dienone is 5. The maximum Gasteiger partial charge on any atom is 0.188 e. The number of rotatable bonds is 2. The predicted octanol–water partition coefficient (Wildman–Crippen LogP) is 1.31. The van der Waals surface area contributed by atoms with Crippen molar-refractivity contribution in [2.75, 3.05) is 0 Å². The Hall–Kier alpha value is -1.64. The van der Waals surface area contributed by atoms with Crippen molar-refractivity contribution in [1.29, 1.82) is 0 Å². The van der Waals surface area contributed by atoms with Gasteiger partial charge in [0.15, 0.2) is 5.78 Å². The SMILES string of the molecule is C=C1C=CC=CC1C(=O)C=NO. The molecule has 0 fully saturated rings. The Bertz CT molecular complexity index is 287. The molecule has 1 aliphatic carbocycles. The molecular weight excluding hydrogens is 154 g/mol. The van der Waals surface area contributed by atoms with E-state index in [-0.39, 0.29) is 11.7 Å². The minimum Gasteiger partial charge on any atom is -0.411 e. The molecule has 0 saturated carbocycles. The van der Waals surface area contributed by atoms with E-state index in [1.165, 1.54) is 0 Å². The highest BCUT2D eigenvalue weighted by atomic mass is 16.4. The molecule has 1 N–H and O–H groups in total. The van der Waals surface area contributed by atoms with E-state index in [0.717, 1.165) is 6.21 Å². The van der Waals surface area contributed by atoms with Crippen molar-refractivity contribution in [3.8, 4) is 0 Å². The quantitative estimate of drug-likeness (QED) is 0.379. The zero-order chi connectivity index (χ0) is 8.97. The van der Waals surface area contributed by atoms with E-state index >= 15 is 0 Å². The third-order valence-corrected chi connectivity index (χ3v) is 1.62. The van der Waals surface area contributed by atoms with Gasteiger partial charge >= 0.3 is 0 Å². The number of carbonyl (C=O) groups is 1. The molecule has 12 heavy (non-hydrogen) atoms. The third kappa shape index (κ3) is 1.69. The Morgan fingerprint density at radius 1 is 1.67 bits per heavy atom. The monoisotopic (exact) mass is 163 g/mol. The molecule has 0 saturated heterocycles. The minimum absolute atomic E-state index is 0.261. The number of hydrogen-bond acceptors (Lipinski definition) is 3. The Morgan fingerprint density at radius 2 is 2.42 bits per heavy atom. The summed E-state index contributed by atoms with van der Waals surface area (Å²) in [6.07, 6.45) is 7.93. The fraction of sp³-hybridized carbons (Fsp3) is 0.111. The van der Waals surface area contributed by atoms with E-state index in [4.69, 9.17) is 5.21 Å². The second-order valence-corrected chi connectivity index (χ2v) is 2.44. The summed E-state index contributed by atoms with van der Waals surface area (Å²) in [6, 6.07) is 0. The molecule has 3 nitrogen and oxygen atoms in total. The van der Waals surface area contributed by atoms with Gasteiger partial charge in [0.05, 0.1) is 5.92 Å². The maximum absolute atomic E-state index is 11.2. The van der Waals surface area contributed by atoms with Crippen LogP contribution in [0.3, 0.4) is 0 Å². The first-order valence-electron chi connectivity index (χ1n) is 3.50. The molecule has 0 radical (unpaired) electrons. The Labute approximate surface area is 70.4 Å². The van der Waals surface area contributed by atoms with Crippen molar-refractivity contribution >= 4 is 12.0 Å². The molecule has 62 valence electrons. The van der Waals surface area contributed by atoms with Gasteiger partial charge in [0.25, 0.3) is 0 Å². The van der Waals surface area contributed by atoms with Gasteiger partial charge in [0.1, 0.15) is 6.21 Å². The van der Waals surface area contributed by atoms with Crippen LogP contribution in [0.15, 0.2) is 41.6 Å². The largest absolute Gasteiger partial charge is 0.411 e. The first-order valence-corrected chi connectivity index (χ1v) is 3.50. The number of ketones is 1. The van der Waals surface area contributed by atoms with Gasteiger partial charge in [-0.1, -0.05) is 36.0 Å². The molecule has 1 rings (SSSR count). The Kier molecular flexibility index (Phi) is 2.58. The second-order valence-electron chi connectivity index (χ2n) is 2.44. The van der Waals surface area contributed by atoms with Crippen LogP contribution in [0.5, 0.6) is 0 Å². The van der Waals surface area contributed by atoms with Crippen LogP contribution >= 0.6 is 0 Å². The van der Waals surface area contributed by atoms with Crippen molar-refractivity contribution in [3.63, 3.8) is 0 Å². The molecule has 0 bridgehead atoms. The highest BCUT2D eigenvalue weighted by Crippen LogP contribution is 2.16. The molecule has 3 heteroatoms. The summed E-state index contributed by atoms with van der Waals surface area (Å²) in [5, 5.41) is 10.8. The van der Waals surface area contributed by atoms with E-state index in [1.807, 2.05) is 6.08 Å². The zero-order valence-corrected chi connectivity index (χ0v) is 6.47. The van der Waals surface area contributed by atoms with Crippen LogP contribution in [-0.2, 0) is 4.79 Å². The summed E-state index contributed by atoms with van der Waals surface area (Å²) in [4.78, 5) is 11.2. The molecule has 0 amide bonds. The molecular formula is C9H9NO2. The molecule has 0 aromatic rings. The van der Waals surface area contributed by atoms with Crippen molar-refractivity contribution in [2.24, 2.45) is 11.1 Å². The van der Waals surface area contributed by atoms with Gasteiger partial charge in [0.2, 0.25) is 0 Å². The van der Waals surface area contributed by atoms with Gasteiger partial charge in [-0.25, -0.2) is 0 Å². The topological polar surface area (TPSA) is 49.7 Å². The van der Waals surface area contributed by atoms with Gasteiger partial charge in [-0.2, -0.15) is 0 Å². The van der Waals surface area contributed by atoms with Crippen LogP contribution in [0.4, 0.5) is 0 Å². The van der Waals surface area contributed by atoms with Gasteiger partial charge in [-0.05, 0) is 5.57 Å². The van der Waals surface area contributed by atoms with Crippen molar-refractivity contribution in [1.82, 2.24) is 0 Å². The molecule has 1 aliphatic rings. The smallest absolute Gasteiger partial charge is 0.188 e. The fourth-order valence-corrected chi connectivity index (χ4v) is 0.996. The fourth-order valence-electron chi connectivity index (χ4n) is 0.996. The highest BCUT2D eigenvalue weighted by molar-refractivity contribution is 6.29. The first kappa shape index (κ1) is 8.46. The van der Waals surface area contributed by atoms with E-state index < -0.39 is 0 Å². The summed E-state index contributed by atoms with van der Waals surface area (Å²) >= 11 is 0. The number of nitrogens with zero attached hydrogens (tertiary/aromatic N) is 1. The van der Waals surface area contributed by atoms with Gasteiger partial charge in [0, 0.05) is 0 Å². The van der Waals surface area contributed by atoms with Crippen molar-refractivity contribution < 1.29 is 10.0 Å². The normalized spacial score (nSPS) is 22.0. The predicted molar refractivity (Wildman–Crippen MR) is 46.2 cm³/mol. The van der Waals surface area contributed by atoms with E-state index in [0.29, 0.717) is 5.57 Å². The lowest BCUT2D eigenvalue weighted by molar-refractivity contribution is -0.114. The molecule has 0 aliphatic heterocycles. The second kappa shape index (κ2) is 3.67. The number of Topliss-reactive ketones (excluding diaryl/α,β-unsaturated/α-hetero) is 1. The van der Waals surface area contributed by atoms with Crippen LogP contribution in [-0.4, -0.2) is 17.2 Å². The molecule has 0 aromatic heterocycles. The molecule has 0 aromatic carbocycles. The Balaban J connectivity index is 2.76. The molecule has 0 spiro atoms. The van der Waals surface area contributed by atoms with Crippen LogP contribution < -0.4 is 0 Å². The zero-order valence-electron chi connectivity index (χ0n) is 6.47. The van der Waals surface area contributed by atoms with Crippen LogP contribution in [0.2, 0.25) is 0 Å². The van der Waals surface area contributed by atoms with Gasteiger partial charge in [-0.3, -0.25) is 4.79 Å². The van der Waals surface area contributed by atoms with E-state index in [1.54, 1.807) is 18.2 Å². The summed E-state index contributed by atoms with van der Waals surface area (Å²) in [7, 11) is 0. The standard InChI is InChI=1S/C9H9NO2/c1-7-4-2-3-5-8(7)9(11)6-10-12/h2-6,8,12H,1H2. The van der Waals surface area contributed by atoms with E-state index in [2.05, 4.69) is 11.7 Å². The third-order valence-electron chi connectivity index (χ3n) is 1.62. The molecule has 0 heterocycles. The number of oxime groups is 1. The molecule has 1 unspecified atom stereocenters. The van der Waals surface area contributed by atoms with Crippen LogP contribution in [0.1, 0.15) is 0 Å². The lowest BCUT2D eigenvalue weighted by Gasteiger charge is -2.10. The van der Waals surface area contributed by atoms with Crippen molar-refractivity contribution in [2.45, 2.75) is 0 Å². The summed E-state index contributed by atoms with van der Waals surface area (Å²) in [5.41, 5.74) is 0.711. The summed E-state index contributed by atoms with van der Waals surface area (Å²) in [6.45, 7) is 3.70. The number of hydrogen-bond donors (Lipinski definition) is 1. The van der Waals surface area contributed by atoms with E-state index in [9.17, 15) is 4.79 Å². The lowest BCUT2D eigenvalue weighted by atomic mass is 9.92. The molecule has 1 atom stereocenters. The summed E-state index contributed by atoms with van der Waals surface area (Å²) in [5.74, 6) is -0.631. The first-order chi connectivity index (χ1) is 5.75. The number of carbonyl (C=O) groups excluding carboxylic acids is 1. The van der Waals surface area contributed by atoms with Gasteiger partial charge in [-0.15, -0.1) is 0 Å². The lowest BCUT2D eigenvalue weighted by Crippen LogP contribution is -2.15. The van der Waals surface area contributed by atoms with Crippen LogP contribution in [0, 0.1) is 5.92 Å². The highest BCUT2D eigenvalue weighted by Gasteiger charge is 2.16. The van der Waals surface area contributed by atoms with Gasteiger partial charge < -0.3 is 5.21 Å². The van der Waals surface area contributed by atoms with Crippen LogP contribution in [0.25, 0.3) is 0 Å². The summed E-state index contributed by atoms with van der Waals surface area (Å²) < 4.78 is 0. The van der Waals surface area contributed by atoms with Crippen molar-refractivity contribution in [3.05, 3.63) is 36.5 Å². The average molecular weight is 163 g/mol. The minimum atomic E-state index is -0.370. The maximum atomic E-state index is 11.2. The Morgan fingerprint density at radius 3 is 3.00 bits per heavy atom.